The summed E-state index contributed by atoms with van der Waals surface area (Å²) in [5.41, 5.74) is -0.296. The second-order valence-corrected chi connectivity index (χ2v) is 6.16. The van der Waals surface area contributed by atoms with Crippen LogP contribution in [0.1, 0.15) is 6.42 Å². The van der Waals surface area contributed by atoms with E-state index in [0.717, 1.165) is 4.68 Å². The van der Waals surface area contributed by atoms with E-state index in [-0.39, 0.29) is 30.0 Å². The SMILES string of the molecule is COc1cc(NC(=O)CCn2[nH]c(=O)c3ccccc3c2=O)cc(OC)c1OC. The number of aromatic nitrogens is 2. The number of anilines is 1. The predicted octanol–water partition coefficient (Wildman–Crippen LogP) is 1.74. The van der Waals surface area contributed by atoms with E-state index in [1.807, 2.05) is 0 Å². The Morgan fingerprint density at radius 2 is 1.62 bits per heavy atom. The minimum Gasteiger partial charge on any atom is -0.493 e. The molecule has 0 saturated heterocycles. The number of carbonyl (C=O) groups excluding carboxylic acids is 1. The van der Waals surface area contributed by atoms with Crippen LogP contribution < -0.4 is 30.6 Å². The zero-order valence-electron chi connectivity index (χ0n) is 16.3. The summed E-state index contributed by atoms with van der Waals surface area (Å²) in [5.74, 6) is 0.864. The normalized spacial score (nSPS) is 10.6. The summed E-state index contributed by atoms with van der Waals surface area (Å²) in [6, 6.07) is 9.74. The second kappa shape index (κ2) is 8.51. The minimum atomic E-state index is -0.384. The van der Waals surface area contributed by atoms with Gasteiger partial charge < -0.3 is 19.5 Å². The van der Waals surface area contributed by atoms with Crippen LogP contribution in [-0.4, -0.2) is 37.0 Å². The summed E-state index contributed by atoms with van der Waals surface area (Å²) in [4.78, 5) is 37.0. The Balaban J connectivity index is 1.77. The Labute approximate surface area is 165 Å². The Bertz CT molecular complexity index is 1140. The number of aryl methyl sites for hydroxylation is 1. The number of amides is 1. The van der Waals surface area contributed by atoms with Gasteiger partial charge in [-0.2, -0.15) is 0 Å². The number of ether oxygens (including phenoxy) is 3. The molecular weight excluding hydrogens is 378 g/mol. The lowest BCUT2D eigenvalue weighted by Crippen LogP contribution is -2.31. The van der Waals surface area contributed by atoms with E-state index in [4.69, 9.17) is 14.2 Å². The average molecular weight is 399 g/mol. The second-order valence-electron chi connectivity index (χ2n) is 6.16. The van der Waals surface area contributed by atoms with E-state index in [0.29, 0.717) is 33.7 Å². The van der Waals surface area contributed by atoms with Crippen LogP contribution in [0.5, 0.6) is 17.2 Å². The van der Waals surface area contributed by atoms with Crippen molar-refractivity contribution in [3.8, 4) is 17.2 Å². The molecule has 1 aromatic heterocycles. The van der Waals surface area contributed by atoms with Crippen molar-refractivity contribution >= 4 is 22.4 Å². The minimum absolute atomic E-state index is 0.0230. The van der Waals surface area contributed by atoms with Gasteiger partial charge in [0.2, 0.25) is 11.7 Å². The molecule has 3 rings (SSSR count). The third-order valence-electron chi connectivity index (χ3n) is 4.39. The summed E-state index contributed by atoms with van der Waals surface area (Å²) in [6.45, 7) is 0.0230. The van der Waals surface area contributed by atoms with Crippen LogP contribution in [0.4, 0.5) is 5.69 Å². The first kappa shape index (κ1) is 20.0. The molecule has 0 atom stereocenters. The molecular formula is C20H21N3O6. The number of methoxy groups -OCH3 is 3. The van der Waals surface area contributed by atoms with Crippen molar-refractivity contribution in [2.24, 2.45) is 0 Å². The van der Waals surface area contributed by atoms with Gasteiger partial charge in [-0.05, 0) is 12.1 Å². The largest absolute Gasteiger partial charge is 0.493 e. The molecule has 0 aliphatic heterocycles. The van der Waals surface area contributed by atoms with Gasteiger partial charge in [0.05, 0.1) is 38.6 Å². The number of hydrogen-bond acceptors (Lipinski definition) is 6. The number of nitrogens with one attached hydrogen (secondary N) is 2. The van der Waals surface area contributed by atoms with Gasteiger partial charge in [-0.3, -0.25) is 19.5 Å². The topological polar surface area (TPSA) is 112 Å². The van der Waals surface area contributed by atoms with Crippen molar-refractivity contribution in [3.63, 3.8) is 0 Å². The maximum Gasteiger partial charge on any atom is 0.273 e. The predicted molar refractivity (Wildman–Crippen MR) is 108 cm³/mol. The number of fused-ring (bicyclic) bond motifs is 1. The summed E-state index contributed by atoms with van der Waals surface area (Å²) < 4.78 is 16.9. The zero-order valence-corrected chi connectivity index (χ0v) is 16.3. The van der Waals surface area contributed by atoms with Crippen molar-refractivity contribution < 1.29 is 19.0 Å². The first-order chi connectivity index (χ1) is 14.0. The molecule has 0 aliphatic carbocycles. The number of aromatic amines is 1. The molecule has 0 unspecified atom stereocenters. The number of rotatable bonds is 7. The van der Waals surface area contributed by atoms with E-state index in [1.165, 1.54) is 21.3 Å². The Morgan fingerprint density at radius 1 is 1.00 bits per heavy atom. The van der Waals surface area contributed by atoms with Crippen molar-refractivity contribution in [3.05, 3.63) is 57.1 Å². The molecule has 29 heavy (non-hydrogen) atoms. The lowest BCUT2D eigenvalue weighted by Gasteiger charge is -2.14. The molecule has 1 amide bonds. The lowest BCUT2D eigenvalue weighted by atomic mass is 10.2. The van der Waals surface area contributed by atoms with Crippen molar-refractivity contribution in [1.82, 2.24) is 9.78 Å². The number of hydrogen-bond donors (Lipinski definition) is 2. The maximum absolute atomic E-state index is 12.5. The van der Waals surface area contributed by atoms with Gasteiger partial charge in [0.15, 0.2) is 11.5 Å². The van der Waals surface area contributed by atoms with Crippen molar-refractivity contribution in [1.29, 1.82) is 0 Å². The van der Waals surface area contributed by atoms with E-state index in [1.54, 1.807) is 36.4 Å². The molecule has 9 heteroatoms. The third kappa shape index (κ3) is 4.08. The first-order valence-electron chi connectivity index (χ1n) is 8.80. The molecule has 0 radical (unpaired) electrons. The molecule has 0 fully saturated rings. The standard InChI is InChI=1S/C20H21N3O6/c1-27-15-10-12(11-16(28-2)18(15)29-3)21-17(24)8-9-23-20(26)14-7-5-4-6-13(14)19(25)22-23/h4-7,10-11H,8-9H2,1-3H3,(H,21,24)(H,22,25). The highest BCUT2D eigenvalue weighted by molar-refractivity contribution is 5.91. The van der Waals surface area contributed by atoms with Gasteiger partial charge in [0.25, 0.3) is 11.1 Å². The van der Waals surface area contributed by atoms with Crippen LogP contribution in [0.25, 0.3) is 10.8 Å². The first-order valence-corrected chi connectivity index (χ1v) is 8.80. The molecule has 2 N–H and O–H groups in total. The van der Waals surface area contributed by atoms with Gasteiger partial charge in [-0.25, -0.2) is 4.68 Å². The molecule has 2 aromatic carbocycles. The molecule has 1 heterocycles. The third-order valence-corrected chi connectivity index (χ3v) is 4.39. The molecule has 0 spiro atoms. The van der Waals surface area contributed by atoms with E-state index in [2.05, 4.69) is 10.4 Å². The van der Waals surface area contributed by atoms with Crippen LogP contribution in [-0.2, 0) is 11.3 Å². The Morgan fingerprint density at radius 3 is 2.21 bits per heavy atom. The van der Waals surface area contributed by atoms with Crippen LogP contribution in [0, 0.1) is 0 Å². The average Bonchev–Trinajstić information content (AvgIpc) is 2.74. The van der Waals surface area contributed by atoms with Gasteiger partial charge in [0.1, 0.15) is 0 Å². The van der Waals surface area contributed by atoms with Crippen LogP contribution in [0.15, 0.2) is 46.0 Å². The van der Waals surface area contributed by atoms with Crippen LogP contribution in [0.3, 0.4) is 0 Å². The van der Waals surface area contributed by atoms with Crippen LogP contribution in [0.2, 0.25) is 0 Å². The highest BCUT2D eigenvalue weighted by atomic mass is 16.5. The summed E-state index contributed by atoms with van der Waals surface area (Å²) >= 11 is 0. The molecule has 0 aliphatic rings. The Kier molecular flexibility index (Phi) is 5.87. The van der Waals surface area contributed by atoms with Gasteiger partial charge in [-0.1, -0.05) is 12.1 Å². The van der Waals surface area contributed by atoms with Crippen LogP contribution >= 0.6 is 0 Å². The smallest absolute Gasteiger partial charge is 0.273 e. The fourth-order valence-corrected chi connectivity index (χ4v) is 2.99. The quantitative estimate of drug-likeness (QED) is 0.626. The summed E-state index contributed by atoms with van der Waals surface area (Å²) in [5, 5.41) is 5.85. The van der Waals surface area contributed by atoms with E-state index < -0.39 is 0 Å². The summed E-state index contributed by atoms with van der Waals surface area (Å²) in [6.07, 6.45) is -0.0230. The Hall–Kier alpha value is -3.75. The fraction of sp³-hybridized carbons (Fsp3) is 0.250. The summed E-state index contributed by atoms with van der Waals surface area (Å²) in [7, 11) is 4.44. The number of carbonyl (C=O) groups is 1. The van der Waals surface area contributed by atoms with Crippen molar-refractivity contribution in [2.75, 3.05) is 26.6 Å². The van der Waals surface area contributed by atoms with Crippen molar-refractivity contribution in [2.45, 2.75) is 13.0 Å². The van der Waals surface area contributed by atoms with Gasteiger partial charge >= 0.3 is 0 Å². The number of H-pyrrole nitrogens is 1. The van der Waals surface area contributed by atoms with E-state index >= 15 is 0 Å². The molecule has 3 aromatic rings. The highest BCUT2D eigenvalue weighted by Gasteiger charge is 2.15. The van der Waals surface area contributed by atoms with Gasteiger partial charge in [0, 0.05) is 24.2 Å². The molecule has 9 nitrogen and oxygen atoms in total. The lowest BCUT2D eigenvalue weighted by molar-refractivity contribution is -0.116. The monoisotopic (exact) mass is 399 g/mol. The highest BCUT2D eigenvalue weighted by Crippen LogP contribution is 2.39. The zero-order chi connectivity index (χ0) is 21.0. The molecule has 0 bridgehead atoms. The fourth-order valence-electron chi connectivity index (χ4n) is 2.99. The van der Waals surface area contributed by atoms with Gasteiger partial charge in [-0.15, -0.1) is 0 Å². The number of benzene rings is 2. The number of nitrogens with zero attached hydrogens (tertiary/aromatic N) is 1. The molecule has 152 valence electrons. The molecule has 0 saturated carbocycles. The van der Waals surface area contributed by atoms with E-state index in [9.17, 15) is 14.4 Å². The maximum atomic E-state index is 12.5.